The standard InChI is InChI=1S/C18H20FN5O/c1-18(2,3)17-22-21-14-10-12(8-9-24(14)17)16-20-15(23-25-16)11-4-6-13(19)7-5-11/h4-7,12H,8-10H2,1-3H3/t12-/m1/s1. The van der Waals surface area contributed by atoms with Crippen molar-refractivity contribution < 1.29 is 8.91 Å². The molecular formula is C18H20FN5O. The number of nitrogens with zero attached hydrogens (tertiary/aromatic N) is 5. The Hall–Kier alpha value is -2.57. The Morgan fingerprint density at radius 3 is 2.64 bits per heavy atom. The van der Waals surface area contributed by atoms with Crippen LogP contribution in [0.25, 0.3) is 11.4 Å². The van der Waals surface area contributed by atoms with Gasteiger partial charge in [-0.3, -0.25) is 0 Å². The fraction of sp³-hybridized carbons (Fsp3) is 0.444. The number of aromatic nitrogens is 5. The fourth-order valence-corrected chi connectivity index (χ4v) is 3.21. The van der Waals surface area contributed by atoms with Gasteiger partial charge in [0.15, 0.2) is 0 Å². The highest BCUT2D eigenvalue weighted by Gasteiger charge is 2.31. The van der Waals surface area contributed by atoms with Crippen molar-refractivity contribution in [3.05, 3.63) is 47.6 Å². The van der Waals surface area contributed by atoms with Crippen molar-refractivity contribution in [2.24, 2.45) is 0 Å². The van der Waals surface area contributed by atoms with Gasteiger partial charge in [-0.15, -0.1) is 10.2 Å². The van der Waals surface area contributed by atoms with E-state index in [-0.39, 0.29) is 17.2 Å². The van der Waals surface area contributed by atoms with Gasteiger partial charge in [0.25, 0.3) is 0 Å². The SMILES string of the molecule is CC(C)(C)c1nnc2n1CC[C@@H](c1nc(-c3ccc(F)cc3)no1)C2. The fourth-order valence-electron chi connectivity index (χ4n) is 3.21. The predicted octanol–water partition coefficient (Wildman–Crippen LogP) is 3.49. The van der Waals surface area contributed by atoms with Crippen molar-refractivity contribution >= 4 is 0 Å². The number of benzene rings is 1. The highest BCUT2D eigenvalue weighted by molar-refractivity contribution is 5.53. The maximum atomic E-state index is 13.0. The van der Waals surface area contributed by atoms with Crippen molar-refractivity contribution in [3.8, 4) is 11.4 Å². The molecule has 6 nitrogen and oxygen atoms in total. The summed E-state index contributed by atoms with van der Waals surface area (Å²) in [5.41, 5.74) is 0.712. The molecule has 0 fully saturated rings. The van der Waals surface area contributed by atoms with Crippen LogP contribution in [-0.2, 0) is 18.4 Å². The van der Waals surface area contributed by atoms with Gasteiger partial charge in [0.1, 0.15) is 17.5 Å². The number of rotatable bonds is 2. The average Bonchev–Trinajstić information content (AvgIpc) is 3.21. The van der Waals surface area contributed by atoms with E-state index in [2.05, 4.69) is 45.7 Å². The molecule has 0 spiro atoms. The Kier molecular flexibility index (Phi) is 3.67. The van der Waals surface area contributed by atoms with Crippen molar-refractivity contribution in [2.45, 2.75) is 51.5 Å². The van der Waals surface area contributed by atoms with E-state index in [4.69, 9.17) is 4.52 Å². The van der Waals surface area contributed by atoms with E-state index in [1.165, 1.54) is 12.1 Å². The number of halogens is 1. The van der Waals surface area contributed by atoms with Crippen LogP contribution in [0.5, 0.6) is 0 Å². The third-order valence-electron chi connectivity index (χ3n) is 4.52. The Bertz CT molecular complexity index is 891. The highest BCUT2D eigenvalue weighted by Crippen LogP contribution is 2.32. The lowest BCUT2D eigenvalue weighted by Crippen LogP contribution is -2.25. The zero-order valence-electron chi connectivity index (χ0n) is 14.5. The molecule has 0 N–H and O–H groups in total. The zero-order valence-corrected chi connectivity index (χ0v) is 14.5. The van der Waals surface area contributed by atoms with E-state index in [1.54, 1.807) is 12.1 Å². The summed E-state index contributed by atoms with van der Waals surface area (Å²) in [6, 6.07) is 6.08. The summed E-state index contributed by atoms with van der Waals surface area (Å²) in [7, 11) is 0. The van der Waals surface area contributed by atoms with E-state index >= 15 is 0 Å². The summed E-state index contributed by atoms with van der Waals surface area (Å²) < 4.78 is 20.7. The maximum Gasteiger partial charge on any atom is 0.230 e. The van der Waals surface area contributed by atoms with Crippen LogP contribution in [0.4, 0.5) is 4.39 Å². The molecule has 0 bridgehead atoms. The first-order valence-electron chi connectivity index (χ1n) is 8.44. The van der Waals surface area contributed by atoms with Crippen LogP contribution in [0.2, 0.25) is 0 Å². The van der Waals surface area contributed by atoms with Gasteiger partial charge in [0, 0.05) is 29.9 Å². The Balaban J connectivity index is 1.57. The Labute approximate surface area is 145 Å². The minimum Gasteiger partial charge on any atom is -0.339 e. The Morgan fingerprint density at radius 1 is 1.16 bits per heavy atom. The lowest BCUT2D eigenvalue weighted by molar-refractivity contribution is 0.319. The van der Waals surface area contributed by atoms with E-state index in [9.17, 15) is 4.39 Å². The molecule has 1 aliphatic heterocycles. The van der Waals surface area contributed by atoms with Gasteiger partial charge in [0.05, 0.1) is 0 Å². The molecule has 0 aliphatic carbocycles. The smallest absolute Gasteiger partial charge is 0.230 e. The monoisotopic (exact) mass is 341 g/mol. The van der Waals surface area contributed by atoms with E-state index in [1.807, 2.05) is 0 Å². The number of hydrogen-bond acceptors (Lipinski definition) is 5. The summed E-state index contributed by atoms with van der Waals surface area (Å²) in [6.45, 7) is 7.27. The average molecular weight is 341 g/mol. The van der Waals surface area contributed by atoms with Crippen LogP contribution in [0.1, 0.15) is 50.6 Å². The van der Waals surface area contributed by atoms with Gasteiger partial charge in [0.2, 0.25) is 11.7 Å². The van der Waals surface area contributed by atoms with Crippen LogP contribution < -0.4 is 0 Å². The molecule has 0 amide bonds. The zero-order chi connectivity index (χ0) is 17.6. The maximum absolute atomic E-state index is 13.0. The molecule has 0 unspecified atom stereocenters. The van der Waals surface area contributed by atoms with Crippen molar-refractivity contribution in [1.29, 1.82) is 0 Å². The number of fused-ring (bicyclic) bond motifs is 1. The summed E-state index contributed by atoms with van der Waals surface area (Å²) in [6.07, 6.45) is 1.63. The van der Waals surface area contributed by atoms with E-state index < -0.39 is 0 Å². The van der Waals surface area contributed by atoms with Gasteiger partial charge in [-0.1, -0.05) is 25.9 Å². The first-order chi connectivity index (χ1) is 11.9. The van der Waals surface area contributed by atoms with Crippen molar-refractivity contribution in [3.63, 3.8) is 0 Å². The van der Waals surface area contributed by atoms with Gasteiger partial charge >= 0.3 is 0 Å². The summed E-state index contributed by atoms with van der Waals surface area (Å²) in [4.78, 5) is 4.50. The molecular weight excluding hydrogens is 321 g/mol. The quantitative estimate of drug-likeness (QED) is 0.713. The lowest BCUT2D eigenvalue weighted by Gasteiger charge is -2.24. The normalized spacial score (nSPS) is 17.5. The van der Waals surface area contributed by atoms with E-state index in [0.717, 1.165) is 36.6 Å². The number of hydrogen-bond donors (Lipinski definition) is 0. The highest BCUT2D eigenvalue weighted by atomic mass is 19.1. The van der Waals surface area contributed by atoms with Crippen molar-refractivity contribution in [2.75, 3.05) is 0 Å². The topological polar surface area (TPSA) is 69.6 Å². The third kappa shape index (κ3) is 2.94. The van der Waals surface area contributed by atoms with Crippen LogP contribution in [0, 0.1) is 5.82 Å². The molecule has 2 aromatic heterocycles. The molecule has 0 radical (unpaired) electrons. The van der Waals surface area contributed by atoms with Gasteiger partial charge in [-0.05, 0) is 30.7 Å². The second kappa shape index (κ2) is 5.75. The summed E-state index contributed by atoms with van der Waals surface area (Å²) in [5, 5.41) is 12.8. The largest absolute Gasteiger partial charge is 0.339 e. The molecule has 0 saturated carbocycles. The van der Waals surface area contributed by atoms with Crippen LogP contribution in [0.15, 0.2) is 28.8 Å². The molecule has 130 valence electrons. The summed E-state index contributed by atoms with van der Waals surface area (Å²) >= 11 is 0. The summed E-state index contributed by atoms with van der Waals surface area (Å²) in [5.74, 6) is 2.91. The molecule has 1 aromatic carbocycles. The van der Waals surface area contributed by atoms with Crippen LogP contribution in [0.3, 0.4) is 0 Å². The van der Waals surface area contributed by atoms with Gasteiger partial charge < -0.3 is 9.09 Å². The molecule has 0 saturated heterocycles. The van der Waals surface area contributed by atoms with Crippen LogP contribution >= 0.6 is 0 Å². The van der Waals surface area contributed by atoms with Crippen molar-refractivity contribution in [1.82, 2.24) is 24.9 Å². The van der Waals surface area contributed by atoms with E-state index in [0.29, 0.717) is 11.7 Å². The predicted molar refractivity (Wildman–Crippen MR) is 89.5 cm³/mol. The first-order valence-corrected chi connectivity index (χ1v) is 8.44. The third-order valence-corrected chi connectivity index (χ3v) is 4.52. The molecule has 1 aliphatic rings. The molecule has 1 atom stereocenters. The Morgan fingerprint density at radius 2 is 1.92 bits per heavy atom. The lowest BCUT2D eigenvalue weighted by atomic mass is 9.93. The molecule has 25 heavy (non-hydrogen) atoms. The van der Waals surface area contributed by atoms with Gasteiger partial charge in [-0.25, -0.2) is 4.39 Å². The second-order valence-corrected chi connectivity index (χ2v) is 7.49. The minimum absolute atomic E-state index is 0.0294. The van der Waals surface area contributed by atoms with Gasteiger partial charge in [-0.2, -0.15) is 4.98 Å². The minimum atomic E-state index is -0.284. The molecule has 3 heterocycles. The molecule has 3 aromatic rings. The first kappa shape index (κ1) is 15.9. The van der Waals surface area contributed by atoms with Crippen LogP contribution in [-0.4, -0.2) is 24.9 Å². The molecule has 7 heteroatoms. The second-order valence-electron chi connectivity index (χ2n) is 7.49. The molecule has 4 rings (SSSR count).